The van der Waals surface area contributed by atoms with Crippen molar-refractivity contribution >= 4 is 11.6 Å². The van der Waals surface area contributed by atoms with Crippen LogP contribution in [-0.2, 0) is 4.79 Å². The van der Waals surface area contributed by atoms with Crippen LogP contribution in [0.4, 0.5) is 5.69 Å². The van der Waals surface area contributed by atoms with Gasteiger partial charge in [-0.3, -0.25) is 4.79 Å². The van der Waals surface area contributed by atoms with Gasteiger partial charge in [-0.2, -0.15) is 0 Å². The first kappa shape index (κ1) is 14.4. The Morgan fingerprint density at radius 1 is 1.29 bits per heavy atom. The van der Waals surface area contributed by atoms with Crippen LogP contribution in [0.2, 0.25) is 0 Å². The molecule has 1 N–H and O–H groups in total. The summed E-state index contributed by atoms with van der Waals surface area (Å²) in [5, 5.41) is 3.40. The fraction of sp³-hybridized carbons (Fsp3) is 0.588. The van der Waals surface area contributed by atoms with Gasteiger partial charge in [-0.15, -0.1) is 0 Å². The van der Waals surface area contributed by atoms with E-state index >= 15 is 0 Å². The van der Waals surface area contributed by atoms with Crippen LogP contribution in [0.1, 0.15) is 30.7 Å². The molecule has 1 fully saturated rings. The summed E-state index contributed by atoms with van der Waals surface area (Å²) in [5.41, 5.74) is 2.30. The number of anilines is 1. The van der Waals surface area contributed by atoms with E-state index in [2.05, 4.69) is 41.3 Å². The maximum atomic E-state index is 13.0. The Bertz CT molecular complexity index is 515. The number of carbonyl (C=O) groups excluding carboxylic acids is 1. The number of fused-ring (bicyclic) bond motifs is 1. The maximum Gasteiger partial charge on any atom is 0.230 e. The normalized spacial score (nSPS) is 25.4. The number of hydrogen-bond donors (Lipinski definition) is 1. The quantitative estimate of drug-likeness (QED) is 0.905. The average Bonchev–Trinajstić information content (AvgIpc) is 2.53. The molecule has 2 unspecified atom stereocenters. The molecule has 0 aromatic heterocycles. The second-order valence-corrected chi connectivity index (χ2v) is 6.40. The molecule has 0 aliphatic carbocycles. The van der Waals surface area contributed by atoms with Crippen LogP contribution in [-0.4, -0.2) is 55.5 Å². The van der Waals surface area contributed by atoms with Gasteiger partial charge in [-0.1, -0.05) is 18.2 Å². The Balaban J connectivity index is 1.77. The monoisotopic (exact) mass is 287 g/mol. The van der Waals surface area contributed by atoms with Crippen molar-refractivity contribution in [2.75, 3.05) is 39.0 Å². The molecule has 1 saturated heterocycles. The number of amides is 1. The number of para-hydroxylation sites is 1. The lowest BCUT2D eigenvalue weighted by Gasteiger charge is -2.38. The van der Waals surface area contributed by atoms with E-state index in [0.717, 1.165) is 38.2 Å². The van der Waals surface area contributed by atoms with Crippen molar-refractivity contribution in [1.82, 2.24) is 9.80 Å². The molecule has 0 spiro atoms. The van der Waals surface area contributed by atoms with Crippen molar-refractivity contribution < 1.29 is 4.79 Å². The van der Waals surface area contributed by atoms with Crippen molar-refractivity contribution in [2.45, 2.75) is 31.2 Å². The Hall–Kier alpha value is -1.55. The van der Waals surface area contributed by atoms with Gasteiger partial charge in [-0.25, -0.2) is 0 Å². The van der Waals surface area contributed by atoms with Gasteiger partial charge < -0.3 is 15.1 Å². The molecule has 4 heteroatoms. The van der Waals surface area contributed by atoms with Gasteiger partial charge in [0.1, 0.15) is 0 Å². The number of nitrogens with zero attached hydrogens (tertiary/aromatic N) is 2. The third-order valence-electron chi connectivity index (χ3n) is 4.82. The second-order valence-electron chi connectivity index (χ2n) is 6.40. The van der Waals surface area contributed by atoms with Crippen LogP contribution in [0, 0.1) is 0 Å². The molecule has 2 heterocycles. The van der Waals surface area contributed by atoms with E-state index in [9.17, 15) is 4.79 Å². The molecular formula is C17H25N3O. The van der Waals surface area contributed by atoms with Crippen molar-refractivity contribution in [2.24, 2.45) is 0 Å². The molecule has 4 nitrogen and oxygen atoms in total. The summed E-state index contributed by atoms with van der Waals surface area (Å²) in [4.78, 5) is 17.3. The van der Waals surface area contributed by atoms with Gasteiger partial charge in [0.15, 0.2) is 0 Å². The van der Waals surface area contributed by atoms with Crippen LogP contribution in [0.25, 0.3) is 0 Å². The minimum Gasteiger partial charge on any atom is -0.385 e. The van der Waals surface area contributed by atoms with Gasteiger partial charge in [0.2, 0.25) is 5.91 Å². The van der Waals surface area contributed by atoms with Gasteiger partial charge >= 0.3 is 0 Å². The highest BCUT2D eigenvalue weighted by Crippen LogP contribution is 2.33. The highest BCUT2D eigenvalue weighted by molar-refractivity contribution is 5.86. The van der Waals surface area contributed by atoms with Crippen LogP contribution >= 0.6 is 0 Å². The summed E-state index contributed by atoms with van der Waals surface area (Å²) in [6.07, 6.45) is 3.21. The fourth-order valence-corrected chi connectivity index (χ4v) is 3.52. The minimum absolute atomic E-state index is 0.0309. The van der Waals surface area contributed by atoms with E-state index in [1.54, 1.807) is 0 Å². The van der Waals surface area contributed by atoms with Gasteiger partial charge in [-0.05, 0) is 45.0 Å². The first-order valence-electron chi connectivity index (χ1n) is 7.95. The first-order chi connectivity index (χ1) is 10.2. The van der Waals surface area contributed by atoms with E-state index in [4.69, 9.17) is 0 Å². The summed E-state index contributed by atoms with van der Waals surface area (Å²) < 4.78 is 0. The van der Waals surface area contributed by atoms with E-state index in [1.165, 1.54) is 12.0 Å². The zero-order valence-corrected chi connectivity index (χ0v) is 13.0. The minimum atomic E-state index is 0.0309. The molecule has 0 saturated carbocycles. The largest absolute Gasteiger partial charge is 0.385 e. The number of likely N-dealkylation sites (N-methyl/N-ethyl adjacent to an activating group) is 1. The van der Waals surface area contributed by atoms with E-state index in [0.29, 0.717) is 11.9 Å². The third kappa shape index (κ3) is 2.91. The van der Waals surface area contributed by atoms with Crippen molar-refractivity contribution in [1.29, 1.82) is 0 Å². The summed E-state index contributed by atoms with van der Waals surface area (Å²) in [7, 11) is 4.22. The molecule has 1 amide bonds. The second kappa shape index (κ2) is 6.06. The number of benzene rings is 1. The molecule has 1 aromatic rings. The summed E-state index contributed by atoms with van der Waals surface area (Å²) in [6.45, 7) is 2.67. The SMILES string of the molecule is CN(C)C1CCCN(C(=O)C2CCNc3ccccc32)C1. The molecule has 0 bridgehead atoms. The Labute approximate surface area is 127 Å². The Morgan fingerprint density at radius 2 is 2.10 bits per heavy atom. The van der Waals surface area contributed by atoms with E-state index in [1.807, 2.05) is 12.1 Å². The Morgan fingerprint density at radius 3 is 2.90 bits per heavy atom. The van der Waals surface area contributed by atoms with E-state index < -0.39 is 0 Å². The molecule has 2 atom stereocenters. The lowest BCUT2D eigenvalue weighted by Crippen LogP contribution is -2.49. The van der Waals surface area contributed by atoms with Crippen molar-refractivity contribution in [3.8, 4) is 0 Å². The van der Waals surface area contributed by atoms with Crippen molar-refractivity contribution in [3.63, 3.8) is 0 Å². The molecule has 1 aromatic carbocycles. The molecule has 2 aliphatic rings. The average molecular weight is 287 g/mol. The highest BCUT2D eigenvalue weighted by atomic mass is 16.2. The smallest absolute Gasteiger partial charge is 0.230 e. The lowest BCUT2D eigenvalue weighted by atomic mass is 9.89. The topological polar surface area (TPSA) is 35.6 Å². The molecule has 2 aliphatic heterocycles. The van der Waals surface area contributed by atoms with Gasteiger partial charge in [0, 0.05) is 31.4 Å². The molecular weight excluding hydrogens is 262 g/mol. The standard InChI is InChI=1S/C17H25N3O/c1-19(2)13-6-5-11-20(12-13)17(21)15-9-10-18-16-8-4-3-7-14(15)16/h3-4,7-8,13,15,18H,5-6,9-12H2,1-2H3. The zero-order valence-electron chi connectivity index (χ0n) is 13.0. The fourth-order valence-electron chi connectivity index (χ4n) is 3.52. The van der Waals surface area contributed by atoms with Crippen molar-refractivity contribution in [3.05, 3.63) is 29.8 Å². The Kier molecular flexibility index (Phi) is 4.15. The predicted molar refractivity (Wildman–Crippen MR) is 85.6 cm³/mol. The van der Waals surface area contributed by atoms with Crippen LogP contribution in [0.15, 0.2) is 24.3 Å². The molecule has 0 radical (unpaired) electrons. The first-order valence-corrected chi connectivity index (χ1v) is 7.95. The maximum absolute atomic E-state index is 13.0. The lowest BCUT2D eigenvalue weighted by molar-refractivity contribution is -0.135. The molecule has 21 heavy (non-hydrogen) atoms. The number of carbonyl (C=O) groups is 1. The zero-order chi connectivity index (χ0) is 14.8. The third-order valence-corrected chi connectivity index (χ3v) is 4.82. The number of piperidine rings is 1. The van der Waals surface area contributed by atoms with E-state index in [-0.39, 0.29) is 5.92 Å². The molecule has 3 rings (SSSR count). The van der Waals surface area contributed by atoms with Crippen LogP contribution in [0.3, 0.4) is 0 Å². The molecule has 114 valence electrons. The van der Waals surface area contributed by atoms with Crippen LogP contribution in [0.5, 0.6) is 0 Å². The van der Waals surface area contributed by atoms with Gasteiger partial charge in [0.05, 0.1) is 5.92 Å². The summed E-state index contributed by atoms with van der Waals surface area (Å²) in [5.74, 6) is 0.346. The highest BCUT2D eigenvalue weighted by Gasteiger charge is 2.32. The number of hydrogen-bond acceptors (Lipinski definition) is 3. The predicted octanol–water partition coefficient (Wildman–Crippen LogP) is 2.14. The van der Waals surface area contributed by atoms with Gasteiger partial charge in [0.25, 0.3) is 0 Å². The summed E-state index contributed by atoms with van der Waals surface area (Å²) >= 11 is 0. The summed E-state index contributed by atoms with van der Waals surface area (Å²) in [6, 6.07) is 8.73. The number of likely N-dealkylation sites (tertiary alicyclic amines) is 1. The number of rotatable bonds is 2. The van der Waals surface area contributed by atoms with Crippen LogP contribution < -0.4 is 5.32 Å². The number of nitrogens with one attached hydrogen (secondary N) is 1.